The normalized spacial score (nSPS) is 19.6. The number of amides is 2. The van der Waals surface area contributed by atoms with Gasteiger partial charge >= 0.3 is 0 Å². The molecule has 218 valence electrons. The quantitative estimate of drug-likeness (QED) is 0.226. The minimum Gasteiger partial charge on any atom is -1.00 e. The van der Waals surface area contributed by atoms with Crippen LogP contribution in [0.4, 0.5) is 11.4 Å². The third kappa shape index (κ3) is 5.48. The lowest BCUT2D eigenvalue weighted by Gasteiger charge is -2.41. The van der Waals surface area contributed by atoms with Gasteiger partial charge in [0.15, 0.2) is 0 Å². The number of nitrogens with zero attached hydrogens (tertiary/aromatic N) is 5. The van der Waals surface area contributed by atoms with E-state index in [1.165, 1.54) is 31.9 Å². The average molecular weight is 686 g/mol. The summed E-state index contributed by atoms with van der Waals surface area (Å²) in [6.45, 7) is 11.0. The highest BCUT2D eigenvalue weighted by molar-refractivity contribution is 7.24. The Hall–Kier alpha value is -2.27. The Kier molecular flexibility index (Phi) is 8.28. The molecule has 2 aliphatic heterocycles. The number of hydrogen-bond acceptors (Lipinski definition) is 5. The zero-order valence-electron chi connectivity index (χ0n) is 24.2. The lowest BCUT2D eigenvalue weighted by Crippen LogP contribution is -3.00. The zero-order valence-corrected chi connectivity index (χ0v) is 27.2. The molecule has 0 N–H and O–H groups in total. The maximum Gasteiger partial charge on any atom is 0.259 e. The number of carbonyl (C=O) groups excluding carboxylic acids is 2. The van der Waals surface area contributed by atoms with Crippen molar-refractivity contribution in [3.63, 3.8) is 0 Å². The monoisotopic (exact) mass is 685 g/mol. The topological polar surface area (TPSA) is 60.0 Å². The van der Waals surface area contributed by atoms with Crippen LogP contribution in [0.5, 0.6) is 0 Å². The molecule has 2 saturated carbocycles. The van der Waals surface area contributed by atoms with E-state index in [1.807, 2.05) is 11.3 Å². The summed E-state index contributed by atoms with van der Waals surface area (Å²) in [4.78, 5) is 40.1. The van der Waals surface area contributed by atoms with Crippen molar-refractivity contribution in [2.24, 2.45) is 11.8 Å². The summed E-state index contributed by atoms with van der Waals surface area (Å²) in [5, 5.41) is 0. The maximum absolute atomic E-state index is 12.8. The Morgan fingerprint density at radius 2 is 1.37 bits per heavy atom. The van der Waals surface area contributed by atoms with E-state index in [9.17, 15) is 9.59 Å². The van der Waals surface area contributed by atoms with Crippen LogP contribution in [0.1, 0.15) is 50.7 Å². The Bertz CT molecular complexity index is 1470. The third-order valence-corrected chi connectivity index (χ3v) is 10.3. The standard InChI is InChI=1S/C32H40N5O2S.HI/c1-3-21-6-5-7-26-28(21)33-29-24(4-2)30(35-14-18-37(19-15-35)32(39)23-10-11-23)25(20-27(29)40-26)34-12-16-36(17-13-34)31(38)22-8-9-22;/h5-7,20,22-23H,3-4,8-19H2,1-2H3;1H/q+1;/p-1. The number of hydrogen-bond donors (Lipinski definition) is 0. The number of para-hydroxylation sites is 1. The van der Waals surface area contributed by atoms with Crippen LogP contribution in [0.25, 0.3) is 20.4 Å². The van der Waals surface area contributed by atoms with Gasteiger partial charge in [0.25, 0.3) is 9.40 Å². The number of piperazine rings is 2. The molecule has 9 heteroatoms. The van der Waals surface area contributed by atoms with Gasteiger partial charge in [-0.15, -0.1) is 0 Å². The minimum absolute atomic E-state index is 0. The Morgan fingerprint density at radius 3 is 1.90 bits per heavy atom. The second kappa shape index (κ2) is 11.8. The number of aromatic nitrogens is 1. The molecule has 3 aromatic rings. The number of fused-ring (bicyclic) bond motifs is 2. The first-order valence-electron chi connectivity index (χ1n) is 15.3. The van der Waals surface area contributed by atoms with Gasteiger partial charge in [0.05, 0.1) is 11.4 Å². The van der Waals surface area contributed by atoms with Crippen molar-refractivity contribution >= 4 is 55.0 Å². The number of rotatable bonds is 6. The molecule has 41 heavy (non-hydrogen) atoms. The third-order valence-electron chi connectivity index (χ3n) is 9.27. The Balaban J connectivity index is 0.00000302. The second-order valence-corrected chi connectivity index (χ2v) is 13.0. The molecular formula is C32H40IN5O2S. The van der Waals surface area contributed by atoms with Gasteiger partial charge in [0.1, 0.15) is 11.0 Å². The summed E-state index contributed by atoms with van der Waals surface area (Å²) in [7, 11) is 0. The molecule has 0 bridgehead atoms. The lowest BCUT2D eigenvalue weighted by molar-refractivity contribution is -0.133. The van der Waals surface area contributed by atoms with Crippen molar-refractivity contribution < 1.29 is 33.6 Å². The SMILES string of the molecule is CCc1cccc2[s+]c3cc(N4CCN(C(=O)C5CC5)CC4)c(N4CCN(C(=O)C5CC5)CC4)c(CC)c3nc12.[I-]. The van der Waals surface area contributed by atoms with Crippen molar-refractivity contribution in [2.75, 3.05) is 62.2 Å². The first-order chi connectivity index (χ1) is 19.6. The average Bonchev–Trinajstić information content (AvgIpc) is 3.92. The number of aryl methyl sites for hydroxylation is 2. The van der Waals surface area contributed by atoms with Gasteiger partial charge in [-0.05, 0) is 44.1 Å². The fourth-order valence-electron chi connectivity index (χ4n) is 6.59. The molecule has 2 amide bonds. The van der Waals surface area contributed by atoms with Crippen molar-refractivity contribution in [2.45, 2.75) is 52.4 Å². The van der Waals surface area contributed by atoms with Gasteiger partial charge in [-0.3, -0.25) is 9.59 Å². The van der Waals surface area contributed by atoms with Crippen LogP contribution in [-0.4, -0.2) is 79.0 Å². The van der Waals surface area contributed by atoms with Crippen molar-refractivity contribution in [1.29, 1.82) is 0 Å². The molecule has 4 fully saturated rings. The molecule has 2 saturated heterocycles. The molecule has 1 aromatic heterocycles. The van der Waals surface area contributed by atoms with E-state index < -0.39 is 0 Å². The minimum atomic E-state index is 0. The van der Waals surface area contributed by atoms with Gasteiger partial charge < -0.3 is 43.6 Å². The van der Waals surface area contributed by atoms with Crippen LogP contribution in [0.3, 0.4) is 0 Å². The highest BCUT2D eigenvalue weighted by Crippen LogP contribution is 2.43. The molecule has 2 aromatic carbocycles. The largest absolute Gasteiger partial charge is 1.00 e. The molecule has 3 heterocycles. The number of anilines is 2. The molecule has 4 aliphatic rings. The van der Waals surface area contributed by atoms with Crippen LogP contribution in [0.2, 0.25) is 0 Å². The van der Waals surface area contributed by atoms with E-state index in [1.54, 1.807) is 0 Å². The number of benzene rings is 2. The molecule has 0 spiro atoms. The predicted molar refractivity (Wildman–Crippen MR) is 163 cm³/mol. The van der Waals surface area contributed by atoms with E-state index >= 15 is 0 Å². The van der Waals surface area contributed by atoms with E-state index in [0.717, 1.165) is 102 Å². The molecule has 7 rings (SSSR count). The molecule has 0 radical (unpaired) electrons. The highest BCUT2D eigenvalue weighted by Gasteiger charge is 2.37. The fraction of sp³-hybridized carbons (Fsp3) is 0.562. The summed E-state index contributed by atoms with van der Waals surface area (Å²) in [6, 6.07) is 8.93. The number of carbonyl (C=O) groups is 2. The van der Waals surface area contributed by atoms with E-state index in [0.29, 0.717) is 11.8 Å². The summed E-state index contributed by atoms with van der Waals surface area (Å²) in [5.41, 5.74) is 7.43. The molecule has 7 nitrogen and oxygen atoms in total. The summed E-state index contributed by atoms with van der Waals surface area (Å²) >= 11 is 1.85. The van der Waals surface area contributed by atoms with Crippen molar-refractivity contribution in [3.8, 4) is 0 Å². The van der Waals surface area contributed by atoms with Gasteiger partial charge in [0.2, 0.25) is 23.2 Å². The first kappa shape index (κ1) is 28.8. The van der Waals surface area contributed by atoms with Crippen LogP contribution >= 0.6 is 11.3 Å². The van der Waals surface area contributed by atoms with Gasteiger partial charge in [0, 0.05) is 81.9 Å². The second-order valence-electron chi connectivity index (χ2n) is 11.9. The van der Waals surface area contributed by atoms with Crippen molar-refractivity contribution in [3.05, 3.63) is 35.4 Å². The maximum atomic E-state index is 12.8. The van der Waals surface area contributed by atoms with Crippen molar-refractivity contribution in [1.82, 2.24) is 14.8 Å². The molecule has 0 atom stereocenters. The zero-order chi connectivity index (χ0) is 27.4. The fourth-order valence-corrected chi connectivity index (χ4v) is 7.69. The Labute approximate surface area is 263 Å². The number of halogens is 1. The molecular weight excluding hydrogens is 645 g/mol. The van der Waals surface area contributed by atoms with E-state index in [4.69, 9.17) is 4.98 Å². The highest BCUT2D eigenvalue weighted by atomic mass is 127. The van der Waals surface area contributed by atoms with Crippen LogP contribution in [0.15, 0.2) is 24.3 Å². The molecule has 0 unspecified atom stereocenters. The predicted octanol–water partition coefficient (Wildman–Crippen LogP) is 1.98. The smallest absolute Gasteiger partial charge is 0.259 e. The summed E-state index contributed by atoms with van der Waals surface area (Å²) < 4.78 is 2.47. The first-order valence-corrected chi connectivity index (χ1v) is 16.2. The lowest BCUT2D eigenvalue weighted by atomic mass is 10.0. The van der Waals surface area contributed by atoms with Crippen LogP contribution < -0.4 is 33.8 Å². The van der Waals surface area contributed by atoms with E-state index in [2.05, 4.69) is 57.7 Å². The van der Waals surface area contributed by atoms with Gasteiger partial charge in [-0.25, -0.2) is 4.98 Å². The Morgan fingerprint density at radius 1 is 0.780 bits per heavy atom. The van der Waals surface area contributed by atoms with E-state index in [-0.39, 0.29) is 35.8 Å². The summed E-state index contributed by atoms with van der Waals surface area (Å²) in [6.07, 6.45) is 6.11. The van der Waals surface area contributed by atoms with Crippen LogP contribution in [-0.2, 0) is 22.4 Å². The summed E-state index contributed by atoms with van der Waals surface area (Å²) in [5.74, 6) is 1.26. The van der Waals surface area contributed by atoms with Crippen LogP contribution in [0, 0.1) is 11.8 Å². The van der Waals surface area contributed by atoms with Gasteiger partial charge in [-0.2, -0.15) is 0 Å². The van der Waals surface area contributed by atoms with Gasteiger partial charge in [-0.1, -0.05) is 26.0 Å². The molecule has 2 aliphatic carbocycles.